The smallest absolute Gasteiger partial charge is 0.408 e. The average molecular weight is 393 g/mol. The number of amides is 3. The van der Waals surface area contributed by atoms with Crippen molar-refractivity contribution in [3.05, 3.63) is 35.4 Å². The van der Waals surface area contributed by atoms with Gasteiger partial charge in [0.15, 0.2) is 0 Å². The zero-order valence-electron chi connectivity index (χ0n) is 16.5. The number of nitrogens with one attached hydrogen (secondary N) is 2. The van der Waals surface area contributed by atoms with Gasteiger partial charge >= 0.3 is 12.1 Å². The Bertz CT molecular complexity index is 709. The number of esters is 1. The maximum Gasteiger partial charge on any atom is 0.408 e. The summed E-state index contributed by atoms with van der Waals surface area (Å²) < 4.78 is 9.95. The Morgan fingerprint density at radius 3 is 2.21 bits per heavy atom. The van der Waals surface area contributed by atoms with Crippen LogP contribution < -0.4 is 16.4 Å². The molecule has 0 aliphatic heterocycles. The Morgan fingerprint density at radius 2 is 1.71 bits per heavy atom. The van der Waals surface area contributed by atoms with Gasteiger partial charge in [0.25, 0.3) is 0 Å². The van der Waals surface area contributed by atoms with Crippen molar-refractivity contribution >= 4 is 23.9 Å². The molecule has 4 N–H and O–H groups in total. The van der Waals surface area contributed by atoms with E-state index in [1.54, 1.807) is 39.8 Å². The van der Waals surface area contributed by atoms with Gasteiger partial charge in [-0.3, -0.25) is 14.4 Å². The van der Waals surface area contributed by atoms with Crippen LogP contribution in [0.1, 0.15) is 43.6 Å². The second kappa shape index (κ2) is 10.3. The number of hydrogen-bond donors (Lipinski definition) is 3. The molecule has 3 amide bonds. The largest absolute Gasteiger partial charge is 0.465 e. The Labute approximate surface area is 163 Å². The predicted molar refractivity (Wildman–Crippen MR) is 101 cm³/mol. The normalized spacial score (nSPS) is 11.9. The van der Waals surface area contributed by atoms with E-state index in [1.165, 1.54) is 12.1 Å². The van der Waals surface area contributed by atoms with Crippen LogP contribution in [0.15, 0.2) is 24.3 Å². The van der Waals surface area contributed by atoms with Crippen molar-refractivity contribution in [3.8, 4) is 0 Å². The number of alkyl carbamates (subject to hydrolysis) is 1. The van der Waals surface area contributed by atoms with Gasteiger partial charge < -0.3 is 25.8 Å². The third-order valence-corrected chi connectivity index (χ3v) is 3.40. The molecule has 0 spiro atoms. The first kappa shape index (κ1) is 22.9. The Kier molecular flexibility index (Phi) is 8.43. The molecule has 0 radical (unpaired) electrons. The van der Waals surface area contributed by atoms with Gasteiger partial charge in [-0.2, -0.15) is 0 Å². The van der Waals surface area contributed by atoms with E-state index in [9.17, 15) is 19.2 Å². The van der Waals surface area contributed by atoms with Crippen LogP contribution in [0.5, 0.6) is 0 Å². The fourth-order valence-corrected chi connectivity index (χ4v) is 2.19. The number of hydrogen-bond acceptors (Lipinski definition) is 6. The quantitative estimate of drug-likeness (QED) is 0.561. The van der Waals surface area contributed by atoms with Crippen molar-refractivity contribution in [2.75, 3.05) is 13.2 Å². The number of nitrogens with two attached hydrogens (primary N) is 1. The van der Waals surface area contributed by atoms with Gasteiger partial charge in [-0.25, -0.2) is 4.79 Å². The van der Waals surface area contributed by atoms with Crippen LogP contribution in [0.25, 0.3) is 0 Å². The molecule has 0 heterocycles. The van der Waals surface area contributed by atoms with Crippen LogP contribution in [-0.2, 0) is 25.5 Å². The molecule has 0 saturated carbocycles. The molecule has 9 heteroatoms. The summed E-state index contributed by atoms with van der Waals surface area (Å²) in [7, 11) is 0. The number of carbonyl (C=O) groups excluding carboxylic acids is 4. The van der Waals surface area contributed by atoms with Crippen LogP contribution in [0.3, 0.4) is 0 Å². The summed E-state index contributed by atoms with van der Waals surface area (Å²) in [6.07, 6.45) is -0.648. The van der Waals surface area contributed by atoms with E-state index in [0.29, 0.717) is 11.1 Å². The van der Waals surface area contributed by atoms with Crippen molar-refractivity contribution in [1.29, 1.82) is 0 Å². The molecule has 0 fully saturated rings. The summed E-state index contributed by atoms with van der Waals surface area (Å²) in [6.45, 7) is 6.63. The molecule has 1 atom stereocenters. The second-order valence-electron chi connectivity index (χ2n) is 6.99. The maximum atomic E-state index is 12.5. The molecule has 0 aliphatic carbocycles. The molecule has 154 valence electrons. The van der Waals surface area contributed by atoms with Crippen LogP contribution >= 0.6 is 0 Å². The van der Waals surface area contributed by atoms with Gasteiger partial charge in [0.1, 0.15) is 18.2 Å². The fourth-order valence-electron chi connectivity index (χ4n) is 2.19. The zero-order valence-corrected chi connectivity index (χ0v) is 16.5. The molecule has 1 aromatic carbocycles. The van der Waals surface area contributed by atoms with Gasteiger partial charge in [0.2, 0.25) is 11.8 Å². The molecule has 9 nitrogen and oxygen atoms in total. The van der Waals surface area contributed by atoms with E-state index >= 15 is 0 Å². The van der Waals surface area contributed by atoms with Crippen molar-refractivity contribution in [2.24, 2.45) is 5.73 Å². The van der Waals surface area contributed by atoms with Crippen LogP contribution in [0, 0.1) is 0 Å². The average Bonchev–Trinajstić information content (AvgIpc) is 2.58. The van der Waals surface area contributed by atoms with Gasteiger partial charge in [-0.05, 0) is 45.4 Å². The number of primary amides is 1. The monoisotopic (exact) mass is 393 g/mol. The molecule has 1 rings (SSSR count). The molecule has 0 bridgehead atoms. The molecule has 1 aromatic rings. The molecule has 0 saturated heterocycles. The van der Waals surface area contributed by atoms with Crippen molar-refractivity contribution in [3.63, 3.8) is 0 Å². The summed E-state index contributed by atoms with van der Waals surface area (Å²) in [4.78, 5) is 47.2. The minimum Gasteiger partial charge on any atom is -0.465 e. The van der Waals surface area contributed by atoms with Crippen LogP contribution in [-0.4, -0.2) is 48.7 Å². The molecular weight excluding hydrogens is 366 g/mol. The highest BCUT2D eigenvalue weighted by Gasteiger charge is 2.25. The van der Waals surface area contributed by atoms with E-state index in [4.69, 9.17) is 15.2 Å². The topological polar surface area (TPSA) is 137 Å². The SMILES string of the molecule is CCOC(=O)CNC(=O)[C@H](Cc1ccc(C(N)=O)cc1)NC(=O)OC(C)(C)C. The highest BCUT2D eigenvalue weighted by atomic mass is 16.6. The van der Waals surface area contributed by atoms with Crippen molar-refractivity contribution in [1.82, 2.24) is 10.6 Å². The number of benzene rings is 1. The lowest BCUT2D eigenvalue weighted by Gasteiger charge is -2.23. The Morgan fingerprint density at radius 1 is 1.11 bits per heavy atom. The van der Waals surface area contributed by atoms with Gasteiger partial charge in [-0.1, -0.05) is 12.1 Å². The van der Waals surface area contributed by atoms with Gasteiger partial charge in [0.05, 0.1) is 6.61 Å². The van der Waals surface area contributed by atoms with Crippen LogP contribution in [0.4, 0.5) is 4.79 Å². The summed E-state index contributed by atoms with van der Waals surface area (Å²) in [6, 6.07) is 5.31. The fraction of sp³-hybridized carbons (Fsp3) is 0.474. The highest BCUT2D eigenvalue weighted by molar-refractivity contribution is 5.92. The minimum absolute atomic E-state index is 0.118. The van der Waals surface area contributed by atoms with E-state index in [1.807, 2.05) is 0 Å². The Balaban J connectivity index is 2.86. The maximum absolute atomic E-state index is 12.5. The molecular formula is C19H27N3O6. The third-order valence-electron chi connectivity index (χ3n) is 3.40. The van der Waals surface area contributed by atoms with Crippen molar-refractivity contribution in [2.45, 2.75) is 45.8 Å². The number of carbonyl (C=O) groups is 4. The summed E-state index contributed by atoms with van der Waals surface area (Å²) in [5.74, 6) is -1.72. The predicted octanol–water partition coefficient (Wildman–Crippen LogP) is 0.901. The molecule has 0 unspecified atom stereocenters. The van der Waals surface area contributed by atoms with Gasteiger partial charge in [-0.15, -0.1) is 0 Å². The lowest BCUT2D eigenvalue weighted by atomic mass is 10.0. The molecule has 0 aliphatic rings. The van der Waals surface area contributed by atoms with E-state index in [-0.39, 0.29) is 19.6 Å². The van der Waals surface area contributed by atoms with E-state index in [2.05, 4.69) is 10.6 Å². The lowest BCUT2D eigenvalue weighted by molar-refractivity contribution is -0.143. The first-order valence-electron chi connectivity index (χ1n) is 8.83. The Hall–Kier alpha value is -3.10. The molecule has 0 aromatic heterocycles. The number of ether oxygens (including phenoxy) is 2. The minimum atomic E-state index is -0.997. The standard InChI is InChI=1S/C19H27N3O6/c1-5-27-15(23)11-21-17(25)14(22-18(26)28-19(2,3)4)10-12-6-8-13(9-7-12)16(20)24/h6-9,14H,5,10-11H2,1-4H3,(H2,20,24)(H,21,25)(H,22,26)/t14-/m0/s1. The summed E-state index contributed by atoms with van der Waals surface area (Å²) in [5.41, 5.74) is 5.48. The van der Waals surface area contributed by atoms with Gasteiger partial charge in [0, 0.05) is 12.0 Å². The molecule has 28 heavy (non-hydrogen) atoms. The first-order chi connectivity index (χ1) is 13.0. The zero-order chi connectivity index (χ0) is 21.3. The lowest BCUT2D eigenvalue weighted by Crippen LogP contribution is -2.50. The van der Waals surface area contributed by atoms with E-state index < -0.39 is 35.5 Å². The first-order valence-corrected chi connectivity index (χ1v) is 8.83. The van der Waals surface area contributed by atoms with Crippen molar-refractivity contribution < 1.29 is 28.7 Å². The summed E-state index contributed by atoms with van der Waals surface area (Å²) in [5, 5.41) is 4.93. The third kappa shape index (κ3) is 8.52. The summed E-state index contributed by atoms with van der Waals surface area (Å²) >= 11 is 0. The van der Waals surface area contributed by atoms with Crippen LogP contribution in [0.2, 0.25) is 0 Å². The van der Waals surface area contributed by atoms with E-state index in [0.717, 1.165) is 0 Å². The second-order valence-corrected chi connectivity index (χ2v) is 6.99. The number of rotatable bonds is 8. The highest BCUT2D eigenvalue weighted by Crippen LogP contribution is 2.10.